The number of aromatic nitrogens is 2. The van der Waals surface area contributed by atoms with Gasteiger partial charge >= 0.3 is 0 Å². The maximum Gasteiger partial charge on any atom is 0.263 e. The van der Waals surface area contributed by atoms with Gasteiger partial charge in [-0.25, -0.2) is 8.42 Å². The topological polar surface area (TPSA) is 101 Å². The van der Waals surface area contributed by atoms with Gasteiger partial charge in [-0.3, -0.25) is 9.52 Å². The number of hydrogen-bond acceptors (Lipinski definition) is 6. The molecule has 1 heterocycles. The van der Waals surface area contributed by atoms with Crippen molar-refractivity contribution in [3.8, 4) is 0 Å². The number of amides is 1. The van der Waals surface area contributed by atoms with Gasteiger partial charge < -0.3 is 5.32 Å². The minimum atomic E-state index is -3.71. The standard InChI is InChI=1S/C12H14N4O3S2/c1-3-11(17)13-9-4-6-10(7-5-9)21(18,19)16-12-15-14-8(2)20-12/h4-7H,3H2,1-2H3,(H,13,17)(H,15,16). The third-order valence-electron chi connectivity index (χ3n) is 2.52. The number of nitrogens with one attached hydrogen (secondary N) is 2. The number of hydrogen-bond donors (Lipinski definition) is 2. The fraction of sp³-hybridized carbons (Fsp3) is 0.250. The second-order valence-electron chi connectivity index (χ2n) is 4.16. The molecule has 0 aliphatic heterocycles. The molecule has 0 spiro atoms. The molecule has 1 aromatic carbocycles. The Morgan fingerprint density at radius 2 is 1.90 bits per heavy atom. The number of carbonyl (C=O) groups excluding carboxylic acids is 1. The smallest absolute Gasteiger partial charge is 0.263 e. The van der Waals surface area contributed by atoms with Crippen molar-refractivity contribution in [3.05, 3.63) is 29.3 Å². The molecule has 7 nitrogen and oxygen atoms in total. The highest BCUT2D eigenvalue weighted by Gasteiger charge is 2.16. The Morgan fingerprint density at radius 1 is 1.24 bits per heavy atom. The summed E-state index contributed by atoms with van der Waals surface area (Å²) in [6.45, 7) is 3.48. The monoisotopic (exact) mass is 326 g/mol. The molecule has 0 saturated carbocycles. The van der Waals surface area contributed by atoms with Gasteiger partial charge in [0, 0.05) is 12.1 Å². The Hall–Kier alpha value is -2.00. The molecule has 1 aromatic heterocycles. The number of rotatable bonds is 5. The minimum Gasteiger partial charge on any atom is -0.326 e. The molecule has 0 aliphatic rings. The lowest BCUT2D eigenvalue weighted by Crippen LogP contribution is -2.13. The van der Waals surface area contributed by atoms with Crippen LogP contribution in [0.2, 0.25) is 0 Å². The average Bonchev–Trinajstić information content (AvgIpc) is 2.83. The molecule has 2 N–H and O–H groups in total. The zero-order valence-corrected chi connectivity index (χ0v) is 13.1. The molecule has 21 heavy (non-hydrogen) atoms. The first-order chi connectivity index (χ1) is 9.90. The van der Waals surface area contributed by atoms with Crippen LogP contribution in [0.25, 0.3) is 0 Å². The number of aryl methyl sites for hydroxylation is 1. The fourth-order valence-electron chi connectivity index (χ4n) is 1.48. The Morgan fingerprint density at radius 3 is 2.43 bits per heavy atom. The molecule has 9 heteroatoms. The summed E-state index contributed by atoms with van der Waals surface area (Å²) in [5.74, 6) is -0.131. The van der Waals surface area contributed by atoms with Gasteiger partial charge in [0.2, 0.25) is 11.0 Å². The van der Waals surface area contributed by atoms with Crippen LogP contribution in [0, 0.1) is 6.92 Å². The van der Waals surface area contributed by atoms with Crippen molar-refractivity contribution < 1.29 is 13.2 Å². The second-order valence-corrected chi connectivity index (χ2v) is 7.02. The zero-order chi connectivity index (χ0) is 15.5. The largest absolute Gasteiger partial charge is 0.326 e. The van der Waals surface area contributed by atoms with Crippen LogP contribution in [-0.2, 0) is 14.8 Å². The number of anilines is 2. The van der Waals surface area contributed by atoms with E-state index in [0.717, 1.165) is 11.3 Å². The van der Waals surface area contributed by atoms with E-state index < -0.39 is 10.0 Å². The first-order valence-corrected chi connectivity index (χ1v) is 8.43. The minimum absolute atomic E-state index is 0.0878. The van der Waals surface area contributed by atoms with Gasteiger partial charge in [0.25, 0.3) is 10.0 Å². The van der Waals surface area contributed by atoms with Gasteiger partial charge in [0.1, 0.15) is 5.01 Å². The molecular formula is C12H14N4O3S2. The Labute approximate surface area is 126 Å². The van der Waals surface area contributed by atoms with Crippen LogP contribution in [0.15, 0.2) is 29.2 Å². The van der Waals surface area contributed by atoms with Crippen LogP contribution in [0.4, 0.5) is 10.8 Å². The molecule has 0 bridgehead atoms. The summed E-state index contributed by atoms with van der Waals surface area (Å²) >= 11 is 1.15. The summed E-state index contributed by atoms with van der Waals surface area (Å²) in [4.78, 5) is 11.3. The lowest BCUT2D eigenvalue weighted by Gasteiger charge is -2.07. The Balaban J connectivity index is 2.15. The molecule has 2 aromatic rings. The highest BCUT2D eigenvalue weighted by atomic mass is 32.2. The van der Waals surface area contributed by atoms with Crippen LogP contribution >= 0.6 is 11.3 Å². The molecule has 0 unspecified atom stereocenters. The van der Waals surface area contributed by atoms with Gasteiger partial charge in [-0.05, 0) is 31.2 Å². The van der Waals surface area contributed by atoms with E-state index in [4.69, 9.17) is 0 Å². The van der Waals surface area contributed by atoms with E-state index in [0.29, 0.717) is 17.1 Å². The van der Waals surface area contributed by atoms with Gasteiger partial charge in [-0.2, -0.15) is 0 Å². The van der Waals surface area contributed by atoms with Crippen molar-refractivity contribution in [2.75, 3.05) is 10.0 Å². The SMILES string of the molecule is CCC(=O)Nc1ccc(S(=O)(=O)Nc2nnc(C)s2)cc1. The molecule has 0 saturated heterocycles. The van der Waals surface area contributed by atoms with Crippen LogP contribution in [0.3, 0.4) is 0 Å². The van der Waals surface area contributed by atoms with Crippen molar-refractivity contribution in [2.45, 2.75) is 25.2 Å². The van der Waals surface area contributed by atoms with E-state index in [-0.39, 0.29) is 15.9 Å². The van der Waals surface area contributed by atoms with Crippen molar-refractivity contribution in [1.29, 1.82) is 0 Å². The maximum atomic E-state index is 12.1. The van der Waals surface area contributed by atoms with E-state index in [2.05, 4.69) is 20.2 Å². The van der Waals surface area contributed by atoms with E-state index in [1.54, 1.807) is 13.8 Å². The summed E-state index contributed by atoms with van der Waals surface area (Å²) in [6, 6.07) is 5.91. The first kappa shape index (κ1) is 15.4. The van der Waals surface area contributed by atoms with E-state index >= 15 is 0 Å². The highest BCUT2D eigenvalue weighted by Crippen LogP contribution is 2.20. The fourth-order valence-corrected chi connectivity index (χ4v) is 3.30. The van der Waals surface area contributed by atoms with Crippen LogP contribution in [-0.4, -0.2) is 24.5 Å². The Kier molecular flexibility index (Phi) is 4.53. The average molecular weight is 326 g/mol. The van der Waals surface area contributed by atoms with Crippen LogP contribution in [0.5, 0.6) is 0 Å². The third-order valence-corrected chi connectivity index (χ3v) is 4.76. The van der Waals surface area contributed by atoms with E-state index in [1.807, 2.05) is 0 Å². The van der Waals surface area contributed by atoms with E-state index in [9.17, 15) is 13.2 Å². The van der Waals surface area contributed by atoms with Crippen molar-refractivity contribution >= 4 is 38.1 Å². The number of sulfonamides is 1. The summed E-state index contributed by atoms with van der Waals surface area (Å²) in [5, 5.41) is 11.0. The molecule has 1 amide bonds. The van der Waals surface area contributed by atoms with Crippen molar-refractivity contribution in [3.63, 3.8) is 0 Å². The summed E-state index contributed by atoms with van der Waals surface area (Å²) in [5.41, 5.74) is 0.549. The van der Waals surface area contributed by atoms with Gasteiger partial charge in [0.15, 0.2) is 0 Å². The lowest BCUT2D eigenvalue weighted by atomic mass is 10.3. The first-order valence-electron chi connectivity index (χ1n) is 6.13. The van der Waals surface area contributed by atoms with E-state index in [1.165, 1.54) is 24.3 Å². The summed E-state index contributed by atoms with van der Waals surface area (Å²) in [7, 11) is -3.71. The van der Waals surface area contributed by atoms with Crippen molar-refractivity contribution in [2.24, 2.45) is 0 Å². The molecule has 0 atom stereocenters. The highest BCUT2D eigenvalue weighted by molar-refractivity contribution is 7.93. The number of nitrogens with zero attached hydrogens (tertiary/aromatic N) is 2. The molecule has 0 fully saturated rings. The lowest BCUT2D eigenvalue weighted by molar-refractivity contribution is -0.115. The zero-order valence-electron chi connectivity index (χ0n) is 11.5. The van der Waals surface area contributed by atoms with Crippen LogP contribution < -0.4 is 10.0 Å². The van der Waals surface area contributed by atoms with Gasteiger partial charge in [0.05, 0.1) is 4.90 Å². The third kappa shape index (κ3) is 3.99. The molecule has 2 rings (SSSR count). The summed E-state index contributed by atoms with van der Waals surface area (Å²) < 4.78 is 26.6. The van der Waals surface area contributed by atoms with Crippen LogP contribution in [0.1, 0.15) is 18.4 Å². The predicted molar refractivity (Wildman–Crippen MR) is 80.8 cm³/mol. The number of benzene rings is 1. The Bertz CT molecular complexity index is 738. The maximum absolute atomic E-state index is 12.1. The second kappa shape index (κ2) is 6.19. The normalized spacial score (nSPS) is 11.1. The predicted octanol–water partition coefficient (Wildman–Crippen LogP) is 2.00. The quantitative estimate of drug-likeness (QED) is 0.875. The molecule has 0 radical (unpaired) electrons. The van der Waals surface area contributed by atoms with Crippen molar-refractivity contribution in [1.82, 2.24) is 10.2 Å². The summed E-state index contributed by atoms with van der Waals surface area (Å²) in [6.07, 6.45) is 0.359. The molecule has 112 valence electrons. The number of carbonyl (C=O) groups is 1. The van der Waals surface area contributed by atoms with Gasteiger partial charge in [-0.15, -0.1) is 10.2 Å². The van der Waals surface area contributed by atoms with Gasteiger partial charge in [-0.1, -0.05) is 18.3 Å². The molecule has 0 aliphatic carbocycles. The molecular weight excluding hydrogens is 312 g/mol.